The molecular formula is C30H28N2O4. The third-order valence-corrected chi connectivity index (χ3v) is 5.58. The van der Waals surface area contributed by atoms with E-state index in [-0.39, 0.29) is 24.8 Å². The van der Waals surface area contributed by atoms with E-state index in [9.17, 15) is 9.59 Å². The fourth-order valence-corrected chi connectivity index (χ4v) is 3.69. The van der Waals surface area contributed by atoms with E-state index >= 15 is 0 Å². The van der Waals surface area contributed by atoms with E-state index in [1.54, 1.807) is 36.3 Å². The Labute approximate surface area is 211 Å². The molecule has 0 aliphatic rings. The van der Waals surface area contributed by atoms with Crippen LogP contribution < -0.4 is 19.7 Å². The number of carbonyl (C=O) groups excluding carboxylic acids is 2. The zero-order valence-corrected chi connectivity index (χ0v) is 20.1. The predicted molar refractivity (Wildman–Crippen MR) is 141 cm³/mol. The van der Waals surface area contributed by atoms with Crippen LogP contribution in [0, 0.1) is 0 Å². The van der Waals surface area contributed by atoms with Gasteiger partial charge in [-0.15, -0.1) is 0 Å². The Morgan fingerprint density at radius 3 is 2.00 bits per heavy atom. The summed E-state index contributed by atoms with van der Waals surface area (Å²) in [5, 5.41) is 2.89. The summed E-state index contributed by atoms with van der Waals surface area (Å²) >= 11 is 0. The van der Waals surface area contributed by atoms with Crippen molar-refractivity contribution in [1.82, 2.24) is 0 Å². The summed E-state index contributed by atoms with van der Waals surface area (Å²) in [7, 11) is 1.60. The van der Waals surface area contributed by atoms with Gasteiger partial charge in [0.2, 0.25) is 5.91 Å². The Bertz CT molecular complexity index is 1260. The Hall–Kier alpha value is -4.58. The minimum atomic E-state index is -0.160. The van der Waals surface area contributed by atoms with E-state index < -0.39 is 0 Å². The number of benzene rings is 4. The highest BCUT2D eigenvalue weighted by Crippen LogP contribution is 2.21. The summed E-state index contributed by atoms with van der Waals surface area (Å²) in [4.78, 5) is 27.4. The molecule has 2 amide bonds. The summed E-state index contributed by atoms with van der Waals surface area (Å²) in [6.45, 7) is 0.331. The number of nitrogens with zero attached hydrogens (tertiary/aromatic N) is 1. The monoisotopic (exact) mass is 480 g/mol. The average Bonchev–Trinajstić information content (AvgIpc) is 2.92. The van der Waals surface area contributed by atoms with Crippen molar-refractivity contribution in [3.8, 4) is 11.5 Å². The fraction of sp³-hybridized carbons (Fsp3) is 0.133. The van der Waals surface area contributed by atoms with E-state index in [0.717, 1.165) is 22.6 Å². The smallest absolute Gasteiger partial charge is 0.265 e. The fourth-order valence-electron chi connectivity index (χ4n) is 3.69. The highest BCUT2D eigenvalue weighted by molar-refractivity contribution is 5.95. The second-order valence-electron chi connectivity index (χ2n) is 8.19. The molecule has 0 saturated carbocycles. The molecule has 0 fully saturated rings. The predicted octanol–water partition coefficient (Wildman–Crippen LogP) is 5.49. The molecule has 4 aromatic rings. The van der Waals surface area contributed by atoms with Crippen molar-refractivity contribution in [2.24, 2.45) is 0 Å². The van der Waals surface area contributed by atoms with Gasteiger partial charge in [-0.1, -0.05) is 60.7 Å². The number of nitrogens with one attached hydrogen (secondary N) is 1. The second kappa shape index (κ2) is 12.2. The van der Waals surface area contributed by atoms with Crippen molar-refractivity contribution in [2.45, 2.75) is 13.0 Å². The van der Waals surface area contributed by atoms with Crippen LogP contribution in [-0.4, -0.2) is 25.5 Å². The van der Waals surface area contributed by atoms with E-state index in [1.165, 1.54) is 0 Å². The van der Waals surface area contributed by atoms with E-state index in [0.29, 0.717) is 18.0 Å². The molecular weight excluding hydrogens is 452 g/mol. The van der Waals surface area contributed by atoms with Crippen molar-refractivity contribution in [2.75, 3.05) is 23.9 Å². The van der Waals surface area contributed by atoms with E-state index in [4.69, 9.17) is 9.47 Å². The van der Waals surface area contributed by atoms with Crippen LogP contribution in [0.5, 0.6) is 11.5 Å². The van der Waals surface area contributed by atoms with Gasteiger partial charge >= 0.3 is 0 Å². The van der Waals surface area contributed by atoms with Crippen molar-refractivity contribution in [3.05, 3.63) is 120 Å². The van der Waals surface area contributed by atoms with Gasteiger partial charge < -0.3 is 19.7 Å². The van der Waals surface area contributed by atoms with Gasteiger partial charge in [0.25, 0.3) is 5.91 Å². The van der Waals surface area contributed by atoms with Gasteiger partial charge in [-0.25, -0.2) is 0 Å². The van der Waals surface area contributed by atoms with Crippen LogP contribution in [-0.2, 0) is 22.6 Å². The lowest BCUT2D eigenvalue weighted by molar-refractivity contribution is -0.120. The SMILES string of the molecule is COc1ccc(NC(=O)Cc2ccc(N(Cc3ccccc3)C(=O)COc3ccccc3)cc2)cc1. The van der Waals surface area contributed by atoms with Crippen LogP contribution in [0.4, 0.5) is 11.4 Å². The highest BCUT2D eigenvalue weighted by Gasteiger charge is 2.17. The maximum absolute atomic E-state index is 13.2. The Morgan fingerprint density at radius 2 is 1.36 bits per heavy atom. The van der Waals surface area contributed by atoms with Gasteiger partial charge in [-0.05, 0) is 59.7 Å². The minimum absolute atomic E-state index is 0.0805. The lowest BCUT2D eigenvalue weighted by Gasteiger charge is -2.23. The molecule has 0 aliphatic heterocycles. The van der Waals surface area contributed by atoms with E-state index in [2.05, 4.69) is 5.32 Å². The first-order valence-corrected chi connectivity index (χ1v) is 11.7. The van der Waals surface area contributed by atoms with Crippen molar-refractivity contribution in [3.63, 3.8) is 0 Å². The first-order chi connectivity index (χ1) is 17.6. The number of rotatable bonds is 10. The maximum atomic E-state index is 13.2. The molecule has 0 unspecified atom stereocenters. The van der Waals surface area contributed by atoms with Crippen molar-refractivity contribution in [1.29, 1.82) is 0 Å². The number of amides is 2. The highest BCUT2D eigenvalue weighted by atomic mass is 16.5. The van der Waals surface area contributed by atoms with Gasteiger partial charge in [0.15, 0.2) is 6.61 Å². The number of hydrogen-bond donors (Lipinski definition) is 1. The zero-order chi connectivity index (χ0) is 25.2. The summed E-state index contributed by atoms with van der Waals surface area (Å²) in [6, 6.07) is 33.7. The molecule has 0 aliphatic carbocycles. The van der Waals surface area contributed by atoms with Crippen molar-refractivity contribution < 1.29 is 19.1 Å². The standard InChI is InChI=1S/C30H28N2O4/c1-35-27-18-14-25(15-19-27)31-29(33)20-23-12-16-26(17-13-23)32(21-24-8-4-2-5-9-24)30(34)22-36-28-10-6-3-7-11-28/h2-19H,20-22H2,1H3,(H,31,33). The average molecular weight is 481 g/mol. The summed E-state index contributed by atoms with van der Waals surface area (Å²) in [6.07, 6.45) is 0.218. The van der Waals surface area contributed by atoms with Crippen LogP contribution in [0.15, 0.2) is 109 Å². The van der Waals surface area contributed by atoms with Crippen LogP contribution in [0.25, 0.3) is 0 Å². The van der Waals surface area contributed by atoms with E-state index in [1.807, 2.05) is 84.9 Å². The number of para-hydroxylation sites is 1. The molecule has 182 valence electrons. The molecule has 4 rings (SSSR count). The topological polar surface area (TPSA) is 67.9 Å². The van der Waals surface area contributed by atoms with Gasteiger partial charge in [0, 0.05) is 11.4 Å². The molecule has 6 nitrogen and oxygen atoms in total. The van der Waals surface area contributed by atoms with Gasteiger partial charge in [-0.3, -0.25) is 9.59 Å². The first-order valence-electron chi connectivity index (χ1n) is 11.7. The summed E-state index contributed by atoms with van der Waals surface area (Å²) < 4.78 is 10.8. The number of carbonyl (C=O) groups is 2. The van der Waals surface area contributed by atoms with Crippen LogP contribution in [0.3, 0.4) is 0 Å². The third kappa shape index (κ3) is 6.96. The molecule has 0 radical (unpaired) electrons. The number of anilines is 2. The molecule has 0 atom stereocenters. The summed E-state index contributed by atoms with van der Waals surface area (Å²) in [5.41, 5.74) is 3.29. The Balaban J connectivity index is 1.43. The molecule has 0 heterocycles. The lowest BCUT2D eigenvalue weighted by Crippen LogP contribution is -2.34. The van der Waals surface area contributed by atoms with Gasteiger partial charge in [0.05, 0.1) is 20.1 Å². The number of hydrogen-bond acceptors (Lipinski definition) is 4. The Morgan fingerprint density at radius 1 is 0.722 bits per heavy atom. The van der Waals surface area contributed by atoms with Gasteiger partial charge in [0.1, 0.15) is 11.5 Å². The minimum Gasteiger partial charge on any atom is -0.497 e. The molecule has 0 aromatic heterocycles. The molecule has 0 saturated heterocycles. The normalized spacial score (nSPS) is 10.4. The molecule has 4 aromatic carbocycles. The third-order valence-electron chi connectivity index (χ3n) is 5.58. The molecule has 0 bridgehead atoms. The number of methoxy groups -OCH3 is 1. The molecule has 36 heavy (non-hydrogen) atoms. The first kappa shape index (κ1) is 24.5. The molecule has 0 spiro atoms. The summed E-state index contributed by atoms with van der Waals surface area (Å²) in [5.74, 6) is 1.09. The lowest BCUT2D eigenvalue weighted by atomic mass is 10.1. The molecule has 6 heteroatoms. The van der Waals surface area contributed by atoms with Gasteiger partial charge in [-0.2, -0.15) is 0 Å². The quantitative estimate of drug-likeness (QED) is 0.326. The zero-order valence-electron chi connectivity index (χ0n) is 20.1. The second-order valence-corrected chi connectivity index (χ2v) is 8.19. The van der Waals surface area contributed by atoms with Crippen LogP contribution >= 0.6 is 0 Å². The van der Waals surface area contributed by atoms with Crippen LogP contribution in [0.1, 0.15) is 11.1 Å². The van der Waals surface area contributed by atoms with Crippen molar-refractivity contribution >= 4 is 23.2 Å². The Kier molecular flexibility index (Phi) is 8.33. The van der Waals surface area contributed by atoms with Crippen LogP contribution in [0.2, 0.25) is 0 Å². The largest absolute Gasteiger partial charge is 0.497 e. The maximum Gasteiger partial charge on any atom is 0.265 e. The molecule has 1 N–H and O–H groups in total. The number of ether oxygens (including phenoxy) is 2.